The van der Waals surface area contributed by atoms with Crippen molar-refractivity contribution in [3.8, 4) is 17.0 Å². The van der Waals surface area contributed by atoms with Gasteiger partial charge in [0, 0.05) is 5.56 Å². The molecule has 7 nitrogen and oxygen atoms in total. The lowest BCUT2D eigenvalue weighted by Crippen LogP contribution is -2.37. The number of aromatic nitrogens is 4. The molecule has 1 aliphatic rings. The Labute approximate surface area is 170 Å². The van der Waals surface area contributed by atoms with E-state index in [1.165, 1.54) is 25.7 Å². The van der Waals surface area contributed by atoms with Crippen molar-refractivity contribution in [2.75, 3.05) is 12.4 Å². The second kappa shape index (κ2) is 8.10. The molecule has 4 rings (SSSR count). The number of nitrogens with one attached hydrogen (secondary N) is 1. The Morgan fingerprint density at radius 2 is 2.03 bits per heavy atom. The molecule has 0 unspecified atom stereocenters. The van der Waals surface area contributed by atoms with E-state index in [1.54, 1.807) is 16.5 Å². The number of fused-ring (bicyclic) bond motifs is 1. The van der Waals surface area contributed by atoms with Crippen molar-refractivity contribution in [2.45, 2.75) is 50.4 Å². The molecule has 1 aliphatic carbocycles. The highest BCUT2D eigenvalue weighted by molar-refractivity contribution is 5.79. The van der Waals surface area contributed by atoms with Crippen molar-refractivity contribution >= 4 is 11.5 Å². The van der Waals surface area contributed by atoms with Crippen LogP contribution in [0, 0.1) is 0 Å². The van der Waals surface area contributed by atoms with E-state index in [0.717, 1.165) is 19.3 Å². The summed E-state index contributed by atoms with van der Waals surface area (Å²) in [5, 5.41) is 21.9. The molecule has 0 radical (unpaired) electrons. The summed E-state index contributed by atoms with van der Waals surface area (Å²) in [7, 11) is 1.40. The molecular weight excluding hydrogens is 399 g/mol. The number of nitrogens with zero attached hydrogens (tertiary/aromatic N) is 4. The number of hydrogen-bond acceptors (Lipinski definition) is 6. The molecule has 30 heavy (non-hydrogen) atoms. The van der Waals surface area contributed by atoms with Gasteiger partial charge in [0.05, 0.1) is 37.4 Å². The summed E-state index contributed by atoms with van der Waals surface area (Å²) in [4.78, 5) is 4.13. The number of aliphatic hydroxyl groups excluding tert-OH is 1. The Bertz CT molecular complexity index is 1040. The van der Waals surface area contributed by atoms with E-state index >= 15 is 0 Å². The molecule has 160 valence electrons. The zero-order valence-electron chi connectivity index (χ0n) is 16.4. The van der Waals surface area contributed by atoms with Crippen molar-refractivity contribution in [1.82, 2.24) is 19.6 Å². The Kier molecular flexibility index (Phi) is 5.50. The van der Waals surface area contributed by atoms with Gasteiger partial charge in [0.2, 0.25) is 5.95 Å². The number of methoxy groups -OCH3 is 1. The molecule has 1 saturated carbocycles. The molecule has 0 bridgehead atoms. The Balaban J connectivity index is 1.75. The van der Waals surface area contributed by atoms with E-state index in [4.69, 9.17) is 4.74 Å². The highest BCUT2D eigenvalue weighted by Gasteiger charge is 2.30. The predicted octanol–water partition coefficient (Wildman–Crippen LogP) is 3.62. The van der Waals surface area contributed by atoms with Gasteiger partial charge < -0.3 is 15.2 Å². The summed E-state index contributed by atoms with van der Waals surface area (Å²) in [5.74, 6) is 0.725. The van der Waals surface area contributed by atoms with Crippen LogP contribution < -0.4 is 10.1 Å². The van der Waals surface area contributed by atoms with E-state index in [9.17, 15) is 18.3 Å². The highest BCUT2D eigenvalue weighted by Crippen LogP contribution is 2.34. The first-order valence-corrected chi connectivity index (χ1v) is 9.73. The summed E-state index contributed by atoms with van der Waals surface area (Å²) in [5.41, 5.74) is 1.17. The van der Waals surface area contributed by atoms with Gasteiger partial charge in [-0.1, -0.05) is 12.8 Å². The van der Waals surface area contributed by atoms with Crippen molar-refractivity contribution < 1.29 is 23.0 Å². The largest absolute Gasteiger partial charge is 0.497 e. The van der Waals surface area contributed by atoms with E-state index in [-0.39, 0.29) is 11.6 Å². The molecule has 0 spiro atoms. The monoisotopic (exact) mass is 421 g/mol. The first-order valence-electron chi connectivity index (χ1n) is 9.73. The molecule has 0 saturated heterocycles. The van der Waals surface area contributed by atoms with Gasteiger partial charge >= 0.3 is 6.18 Å². The summed E-state index contributed by atoms with van der Waals surface area (Å²) in [6, 6.07) is 4.34. The molecular formula is C20H22F3N5O2. The van der Waals surface area contributed by atoms with Crippen LogP contribution in [0.1, 0.15) is 31.2 Å². The lowest BCUT2D eigenvalue weighted by atomic mass is 9.93. The maximum Gasteiger partial charge on any atom is 0.393 e. The maximum absolute atomic E-state index is 13.2. The number of ether oxygens (including phenoxy) is 1. The Hall–Kier alpha value is -2.88. The van der Waals surface area contributed by atoms with Crippen LogP contribution in [0.3, 0.4) is 0 Å². The van der Waals surface area contributed by atoms with Gasteiger partial charge in [0.15, 0.2) is 0 Å². The Morgan fingerprint density at radius 1 is 1.23 bits per heavy atom. The lowest BCUT2D eigenvalue weighted by Gasteiger charge is -2.28. The average molecular weight is 421 g/mol. The van der Waals surface area contributed by atoms with Crippen molar-refractivity contribution in [3.63, 3.8) is 0 Å². The maximum atomic E-state index is 13.2. The number of anilines is 1. The first kappa shape index (κ1) is 20.4. The molecule has 10 heteroatoms. The minimum absolute atomic E-state index is 0.0441. The van der Waals surface area contributed by atoms with E-state index in [2.05, 4.69) is 20.5 Å². The van der Waals surface area contributed by atoms with Gasteiger partial charge in [-0.05, 0) is 36.6 Å². The molecule has 3 aromatic rings. The summed E-state index contributed by atoms with van der Waals surface area (Å²) >= 11 is 0. The van der Waals surface area contributed by atoms with Gasteiger partial charge in [-0.25, -0.2) is 4.98 Å². The number of rotatable bonds is 5. The number of imidazole rings is 1. The molecule has 2 atom stereocenters. The third kappa shape index (κ3) is 4.18. The average Bonchev–Trinajstić information content (AvgIpc) is 3.19. The van der Waals surface area contributed by atoms with Crippen LogP contribution in [0.4, 0.5) is 19.1 Å². The number of aliphatic hydroxyl groups is 1. The number of benzene rings is 1. The standard InChI is InChI=1S/C20H22F3N5O2/c1-30-13-6-7-14(12(8-13)9-20(21,22)23)18-16-10-24-11-28(16)19(27-26-18)25-15-4-2-3-5-17(15)29/h6-8,10-11,15,17,29H,2-5,9H2,1H3,(H,25,27)/t15-,17-/m1/s1. The zero-order chi connectivity index (χ0) is 21.3. The first-order chi connectivity index (χ1) is 14.4. The molecule has 1 aromatic carbocycles. The topological polar surface area (TPSA) is 84.6 Å². The van der Waals surface area contributed by atoms with Gasteiger partial charge in [0.25, 0.3) is 0 Å². The van der Waals surface area contributed by atoms with Gasteiger partial charge in [-0.2, -0.15) is 13.2 Å². The van der Waals surface area contributed by atoms with E-state index < -0.39 is 18.7 Å². The molecule has 2 N–H and O–H groups in total. The zero-order valence-corrected chi connectivity index (χ0v) is 16.4. The van der Waals surface area contributed by atoms with Gasteiger partial charge in [-0.15, -0.1) is 10.2 Å². The van der Waals surface area contributed by atoms with E-state index in [1.807, 2.05) is 0 Å². The quantitative estimate of drug-likeness (QED) is 0.655. The minimum Gasteiger partial charge on any atom is -0.497 e. The van der Waals surface area contributed by atoms with Gasteiger partial charge in [0.1, 0.15) is 17.8 Å². The van der Waals surface area contributed by atoms with Crippen LogP contribution in [0.5, 0.6) is 5.75 Å². The summed E-state index contributed by atoms with van der Waals surface area (Å²) < 4.78 is 46.2. The van der Waals surface area contributed by atoms with Crippen molar-refractivity contribution in [2.24, 2.45) is 0 Å². The number of alkyl halides is 3. The second-order valence-corrected chi connectivity index (χ2v) is 7.44. The van der Waals surface area contributed by atoms with Gasteiger partial charge in [-0.3, -0.25) is 4.40 Å². The predicted molar refractivity (Wildman–Crippen MR) is 104 cm³/mol. The molecule has 0 amide bonds. The normalized spacial score (nSPS) is 19.8. The fourth-order valence-electron chi connectivity index (χ4n) is 3.86. The lowest BCUT2D eigenvalue weighted by molar-refractivity contribution is -0.127. The Morgan fingerprint density at radius 3 is 2.77 bits per heavy atom. The second-order valence-electron chi connectivity index (χ2n) is 7.44. The highest BCUT2D eigenvalue weighted by atomic mass is 19.4. The molecule has 0 aliphatic heterocycles. The fourth-order valence-corrected chi connectivity index (χ4v) is 3.86. The number of hydrogen-bond donors (Lipinski definition) is 2. The van der Waals surface area contributed by atoms with Crippen molar-refractivity contribution in [1.29, 1.82) is 0 Å². The third-order valence-corrected chi connectivity index (χ3v) is 5.36. The van der Waals surface area contributed by atoms with Crippen molar-refractivity contribution in [3.05, 3.63) is 36.3 Å². The molecule has 2 heterocycles. The van der Waals surface area contributed by atoms with Crippen LogP contribution in [-0.4, -0.2) is 50.1 Å². The summed E-state index contributed by atoms with van der Waals surface area (Å²) in [6.45, 7) is 0. The number of halogens is 3. The van der Waals surface area contributed by atoms with Crippen LogP contribution in [0.25, 0.3) is 16.8 Å². The minimum atomic E-state index is -4.39. The molecule has 2 aromatic heterocycles. The van der Waals surface area contributed by atoms with Crippen LogP contribution in [0.15, 0.2) is 30.7 Å². The van der Waals surface area contributed by atoms with E-state index in [0.29, 0.717) is 34.9 Å². The van der Waals surface area contributed by atoms with Crippen LogP contribution in [0.2, 0.25) is 0 Å². The molecule has 1 fully saturated rings. The third-order valence-electron chi connectivity index (χ3n) is 5.36. The van der Waals surface area contributed by atoms with Crippen LogP contribution in [-0.2, 0) is 6.42 Å². The smallest absolute Gasteiger partial charge is 0.393 e. The fraction of sp³-hybridized carbons (Fsp3) is 0.450. The SMILES string of the molecule is COc1ccc(-c2nnc(N[C@@H]3CCCC[C@H]3O)n3cncc23)c(CC(F)(F)F)c1. The van der Waals surface area contributed by atoms with Crippen LogP contribution >= 0.6 is 0 Å². The summed E-state index contributed by atoms with van der Waals surface area (Å²) in [6.07, 6.45) is 0.562.